The molecule has 20 heavy (non-hydrogen) atoms. The van der Waals surface area contributed by atoms with Crippen LogP contribution in [0, 0.1) is 6.92 Å². The van der Waals surface area contributed by atoms with E-state index in [-0.39, 0.29) is 11.8 Å². The first-order chi connectivity index (χ1) is 9.52. The summed E-state index contributed by atoms with van der Waals surface area (Å²) in [6.07, 6.45) is 0. The third kappa shape index (κ3) is 2.96. The molecule has 0 aliphatic carbocycles. The smallest absolute Gasteiger partial charge is 0.275 e. The van der Waals surface area contributed by atoms with Crippen molar-refractivity contribution in [1.29, 1.82) is 0 Å². The molecule has 0 saturated carbocycles. The van der Waals surface area contributed by atoms with Crippen LogP contribution in [-0.4, -0.2) is 23.0 Å². The highest BCUT2D eigenvalue weighted by Crippen LogP contribution is 2.24. The summed E-state index contributed by atoms with van der Waals surface area (Å²) in [7, 11) is 1.56. The van der Waals surface area contributed by atoms with Gasteiger partial charge in [0.1, 0.15) is 5.69 Å². The molecule has 1 amide bonds. The average molecular weight is 291 g/mol. The zero-order chi connectivity index (χ0) is 14.7. The molecule has 0 unspecified atom stereocenters. The summed E-state index contributed by atoms with van der Waals surface area (Å²) in [6.45, 7) is 5.91. The Morgan fingerprint density at radius 2 is 2.15 bits per heavy atom. The number of thiazole rings is 1. The maximum absolute atomic E-state index is 12.3. The molecule has 0 fully saturated rings. The number of carbonyl (C=O) groups excluding carboxylic acids is 1. The monoisotopic (exact) mass is 291 g/mol. The van der Waals surface area contributed by atoms with Crippen molar-refractivity contribution in [2.75, 3.05) is 12.4 Å². The summed E-state index contributed by atoms with van der Waals surface area (Å²) < 4.78 is 5.04. The highest BCUT2D eigenvalue weighted by Gasteiger charge is 2.18. The fraction of sp³-hybridized carbons (Fsp3) is 0.357. The minimum Gasteiger partial charge on any atom is -0.481 e. The zero-order valence-electron chi connectivity index (χ0n) is 11.9. The number of nitrogens with zero attached hydrogens (tertiary/aromatic N) is 2. The van der Waals surface area contributed by atoms with Gasteiger partial charge in [-0.15, -0.1) is 11.3 Å². The first kappa shape index (κ1) is 14.5. The normalized spacial score (nSPS) is 10.7. The van der Waals surface area contributed by atoms with E-state index in [0.717, 1.165) is 4.88 Å². The average Bonchev–Trinajstić information content (AvgIpc) is 2.90. The van der Waals surface area contributed by atoms with Crippen molar-refractivity contribution >= 4 is 22.9 Å². The first-order valence-electron chi connectivity index (χ1n) is 6.29. The SMILES string of the molecule is COc1ccc(NC(=O)c2ncsc2C(C)C)c(C)n1. The van der Waals surface area contributed by atoms with Gasteiger partial charge in [-0.05, 0) is 18.9 Å². The molecule has 5 nitrogen and oxygen atoms in total. The van der Waals surface area contributed by atoms with Gasteiger partial charge < -0.3 is 10.1 Å². The van der Waals surface area contributed by atoms with Gasteiger partial charge in [-0.25, -0.2) is 9.97 Å². The van der Waals surface area contributed by atoms with Gasteiger partial charge in [-0.3, -0.25) is 4.79 Å². The van der Waals surface area contributed by atoms with E-state index in [9.17, 15) is 4.79 Å². The predicted octanol–water partition coefficient (Wildman–Crippen LogP) is 3.23. The molecule has 0 aliphatic heterocycles. The van der Waals surface area contributed by atoms with E-state index in [4.69, 9.17) is 4.74 Å². The number of methoxy groups -OCH3 is 1. The number of aromatic nitrogens is 2. The van der Waals surface area contributed by atoms with E-state index in [2.05, 4.69) is 15.3 Å². The van der Waals surface area contributed by atoms with Crippen molar-refractivity contribution < 1.29 is 9.53 Å². The lowest BCUT2D eigenvalue weighted by Crippen LogP contribution is -2.15. The fourth-order valence-corrected chi connectivity index (χ4v) is 2.60. The number of ether oxygens (including phenoxy) is 1. The third-order valence-electron chi connectivity index (χ3n) is 2.85. The fourth-order valence-electron chi connectivity index (χ4n) is 1.80. The molecular weight excluding hydrogens is 274 g/mol. The minimum absolute atomic E-state index is 0.204. The molecule has 0 spiro atoms. The second kappa shape index (κ2) is 6.00. The van der Waals surface area contributed by atoms with E-state index in [0.29, 0.717) is 23.0 Å². The van der Waals surface area contributed by atoms with Crippen LogP contribution in [0.1, 0.15) is 40.8 Å². The Morgan fingerprint density at radius 1 is 1.40 bits per heavy atom. The molecule has 106 valence electrons. The van der Waals surface area contributed by atoms with Crippen LogP contribution in [0.25, 0.3) is 0 Å². The van der Waals surface area contributed by atoms with Crippen molar-refractivity contribution in [2.45, 2.75) is 26.7 Å². The number of rotatable bonds is 4. The van der Waals surface area contributed by atoms with Gasteiger partial charge in [0.2, 0.25) is 5.88 Å². The summed E-state index contributed by atoms with van der Waals surface area (Å²) in [5.41, 5.74) is 3.56. The van der Waals surface area contributed by atoms with Crippen LogP contribution >= 0.6 is 11.3 Å². The highest BCUT2D eigenvalue weighted by atomic mass is 32.1. The van der Waals surface area contributed by atoms with E-state index < -0.39 is 0 Å². The molecule has 2 aromatic heterocycles. The standard InChI is InChI=1S/C14H17N3O2S/c1-8(2)13-12(15-7-20-13)14(18)17-10-5-6-11(19-4)16-9(10)3/h5-8H,1-4H3,(H,17,18). The largest absolute Gasteiger partial charge is 0.481 e. The van der Waals surface area contributed by atoms with Crippen molar-refractivity contribution in [3.05, 3.63) is 33.9 Å². The second-order valence-electron chi connectivity index (χ2n) is 4.66. The van der Waals surface area contributed by atoms with Crippen molar-refractivity contribution in [2.24, 2.45) is 0 Å². The molecule has 0 bridgehead atoms. The molecule has 1 N–H and O–H groups in total. The molecule has 6 heteroatoms. The zero-order valence-corrected chi connectivity index (χ0v) is 12.7. The Hall–Kier alpha value is -1.95. The predicted molar refractivity (Wildman–Crippen MR) is 79.7 cm³/mol. The van der Waals surface area contributed by atoms with E-state index in [1.54, 1.807) is 24.8 Å². The molecule has 0 aliphatic rings. The van der Waals surface area contributed by atoms with Gasteiger partial charge >= 0.3 is 0 Å². The van der Waals surface area contributed by atoms with Crippen molar-refractivity contribution in [3.63, 3.8) is 0 Å². The number of amides is 1. The maximum atomic E-state index is 12.3. The van der Waals surface area contributed by atoms with E-state index in [1.165, 1.54) is 11.3 Å². The molecule has 0 radical (unpaired) electrons. The van der Waals surface area contributed by atoms with Gasteiger partial charge in [0, 0.05) is 10.9 Å². The third-order valence-corrected chi connectivity index (χ3v) is 3.98. The summed E-state index contributed by atoms with van der Waals surface area (Å²) in [5.74, 6) is 0.598. The van der Waals surface area contributed by atoms with Gasteiger partial charge in [0.05, 0.1) is 24.0 Å². The molecule has 0 atom stereocenters. The first-order valence-corrected chi connectivity index (χ1v) is 7.17. The van der Waals surface area contributed by atoms with Crippen molar-refractivity contribution in [3.8, 4) is 5.88 Å². The van der Waals surface area contributed by atoms with Crippen LogP contribution in [0.2, 0.25) is 0 Å². The van der Waals surface area contributed by atoms with E-state index >= 15 is 0 Å². The number of pyridine rings is 1. The summed E-state index contributed by atoms with van der Waals surface area (Å²) in [6, 6.07) is 3.49. The quantitative estimate of drug-likeness (QED) is 0.939. The van der Waals surface area contributed by atoms with Crippen LogP contribution in [0.5, 0.6) is 5.88 Å². The van der Waals surface area contributed by atoms with Gasteiger partial charge in [0.15, 0.2) is 0 Å². The number of carbonyl (C=O) groups is 1. The number of nitrogens with one attached hydrogen (secondary N) is 1. The Labute approximate surface area is 122 Å². The number of hydrogen-bond acceptors (Lipinski definition) is 5. The topological polar surface area (TPSA) is 64.1 Å². The number of anilines is 1. The lowest BCUT2D eigenvalue weighted by atomic mass is 10.1. The Balaban J connectivity index is 2.21. The Bertz CT molecular complexity index is 623. The summed E-state index contributed by atoms with van der Waals surface area (Å²) in [4.78, 5) is 21.7. The summed E-state index contributed by atoms with van der Waals surface area (Å²) in [5, 5.41) is 2.85. The number of hydrogen-bond donors (Lipinski definition) is 1. The summed E-state index contributed by atoms with van der Waals surface area (Å²) >= 11 is 1.50. The van der Waals surface area contributed by atoms with Crippen LogP contribution in [-0.2, 0) is 0 Å². The molecular formula is C14H17N3O2S. The molecule has 2 rings (SSSR count). The van der Waals surface area contributed by atoms with Crippen LogP contribution in [0.3, 0.4) is 0 Å². The molecule has 0 saturated heterocycles. The van der Waals surface area contributed by atoms with Gasteiger partial charge in [-0.2, -0.15) is 0 Å². The minimum atomic E-state index is -0.204. The van der Waals surface area contributed by atoms with Gasteiger partial charge in [-0.1, -0.05) is 13.8 Å². The molecule has 2 heterocycles. The lowest BCUT2D eigenvalue weighted by Gasteiger charge is -2.09. The Morgan fingerprint density at radius 3 is 2.75 bits per heavy atom. The Kier molecular flexibility index (Phi) is 4.34. The van der Waals surface area contributed by atoms with Crippen LogP contribution in [0.4, 0.5) is 5.69 Å². The van der Waals surface area contributed by atoms with Gasteiger partial charge in [0.25, 0.3) is 5.91 Å². The second-order valence-corrected chi connectivity index (χ2v) is 5.55. The number of aryl methyl sites for hydroxylation is 1. The molecule has 0 aromatic carbocycles. The highest BCUT2D eigenvalue weighted by molar-refractivity contribution is 7.10. The van der Waals surface area contributed by atoms with Crippen molar-refractivity contribution in [1.82, 2.24) is 9.97 Å². The lowest BCUT2D eigenvalue weighted by molar-refractivity contribution is 0.102. The van der Waals surface area contributed by atoms with Crippen LogP contribution < -0.4 is 10.1 Å². The van der Waals surface area contributed by atoms with Crippen LogP contribution in [0.15, 0.2) is 17.6 Å². The molecule has 2 aromatic rings. The maximum Gasteiger partial charge on any atom is 0.275 e. The van der Waals surface area contributed by atoms with E-state index in [1.807, 2.05) is 20.8 Å².